The van der Waals surface area contributed by atoms with Gasteiger partial charge in [-0.2, -0.15) is 5.26 Å². The standard InChI is InChI=1S/C24H16ClI2N3O4/c1-14-2-4-15(5-3-14)13-34-23-20(26)9-16(10-21(23)27)8-17(12-28)24(31)29-22-7-6-18(30(32)33)11-19(22)25/h2-11H,13H2,1H3,(H,29,31)/b17-8+. The van der Waals surface area contributed by atoms with Gasteiger partial charge in [0.25, 0.3) is 11.6 Å². The van der Waals surface area contributed by atoms with E-state index in [-0.39, 0.29) is 22.0 Å². The van der Waals surface area contributed by atoms with Gasteiger partial charge in [0, 0.05) is 12.1 Å². The van der Waals surface area contributed by atoms with Gasteiger partial charge < -0.3 is 10.1 Å². The smallest absolute Gasteiger partial charge is 0.271 e. The number of carbonyl (C=O) groups is 1. The summed E-state index contributed by atoms with van der Waals surface area (Å²) in [5.41, 5.74) is 2.70. The van der Waals surface area contributed by atoms with Crippen LogP contribution in [-0.2, 0) is 11.4 Å². The number of aryl methyl sites for hydroxylation is 1. The van der Waals surface area contributed by atoms with Gasteiger partial charge in [-0.25, -0.2) is 0 Å². The monoisotopic (exact) mass is 699 g/mol. The maximum Gasteiger partial charge on any atom is 0.271 e. The van der Waals surface area contributed by atoms with Crippen molar-refractivity contribution in [3.8, 4) is 11.8 Å². The van der Waals surface area contributed by atoms with Crippen molar-refractivity contribution < 1.29 is 14.5 Å². The van der Waals surface area contributed by atoms with Crippen molar-refractivity contribution in [1.29, 1.82) is 5.26 Å². The van der Waals surface area contributed by atoms with Gasteiger partial charge >= 0.3 is 0 Å². The van der Waals surface area contributed by atoms with Crippen molar-refractivity contribution >= 4 is 80.1 Å². The van der Waals surface area contributed by atoms with E-state index in [9.17, 15) is 20.2 Å². The van der Waals surface area contributed by atoms with Crippen LogP contribution in [0.1, 0.15) is 16.7 Å². The zero-order valence-electron chi connectivity index (χ0n) is 17.6. The molecule has 0 aromatic heterocycles. The Balaban J connectivity index is 1.77. The van der Waals surface area contributed by atoms with Gasteiger partial charge in [0.05, 0.1) is 22.8 Å². The van der Waals surface area contributed by atoms with E-state index in [1.165, 1.54) is 23.8 Å². The molecule has 0 aliphatic rings. The molecule has 0 heterocycles. The topological polar surface area (TPSA) is 105 Å². The van der Waals surface area contributed by atoms with Crippen LogP contribution in [0.3, 0.4) is 0 Å². The van der Waals surface area contributed by atoms with E-state index in [0.717, 1.165) is 24.5 Å². The van der Waals surface area contributed by atoms with E-state index in [4.69, 9.17) is 16.3 Å². The zero-order valence-corrected chi connectivity index (χ0v) is 22.7. The molecule has 1 amide bonds. The van der Waals surface area contributed by atoms with Crippen molar-refractivity contribution in [2.75, 3.05) is 5.32 Å². The molecule has 1 N–H and O–H groups in total. The first-order valence-electron chi connectivity index (χ1n) is 9.72. The van der Waals surface area contributed by atoms with Gasteiger partial charge in [0.1, 0.15) is 24.0 Å². The summed E-state index contributed by atoms with van der Waals surface area (Å²) >= 11 is 10.3. The van der Waals surface area contributed by atoms with Crippen molar-refractivity contribution in [3.63, 3.8) is 0 Å². The van der Waals surface area contributed by atoms with Gasteiger partial charge in [-0.05, 0) is 87.5 Å². The Kier molecular flexibility index (Phi) is 8.87. The SMILES string of the molecule is Cc1ccc(COc2c(I)cc(/C=C(\C#N)C(=O)Nc3ccc([N+](=O)[O-])cc3Cl)cc2I)cc1. The summed E-state index contributed by atoms with van der Waals surface area (Å²) in [5, 5.41) is 22.9. The van der Waals surface area contributed by atoms with Crippen LogP contribution >= 0.6 is 56.8 Å². The van der Waals surface area contributed by atoms with Crippen molar-refractivity contribution in [2.24, 2.45) is 0 Å². The Labute approximate surface area is 228 Å². The van der Waals surface area contributed by atoms with Crippen LogP contribution in [0.4, 0.5) is 11.4 Å². The largest absolute Gasteiger partial charge is 0.487 e. The van der Waals surface area contributed by atoms with Crippen molar-refractivity contribution in [3.05, 3.63) is 99.1 Å². The minimum absolute atomic E-state index is 0.000912. The number of benzene rings is 3. The van der Waals surface area contributed by atoms with E-state index >= 15 is 0 Å². The van der Waals surface area contributed by atoms with Crippen LogP contribution < -0.4 is 10.1 Å². The molecule has 172 valence electrons. The highest BCUT2D eigenvalue weighted by Crippen LogP contribution is 2.31. The Bertz CT molecular complexity index is 1310. The number of carbonyl (C=O) groups excluding carboxylic acids is 1. The summed E-state index contributed by atoms with van der Waals surface area (Å²) in [6.45, 7) is 2.45. The average Bonchev–Trinajstić information content (AvgIpc) is 2.79. The van der Waals surface area contributed by atoms with E-state index in [1.54, 1.807) is 0 Å². The summed E-state index contributed by atoms with van der Waals surface area (Å²) in [7, 11) is 0. The normalized spacial score (nSPS) is 11.0. The van der Waals surface area contributed by atoms with Crippen molar-refractivity contribution in [2.45, 2.75) is 13.5 Å². The number of nitriles is 1. The molecule has 34 heavy (non-hydrogen) atoms. The lowest BCUT2D eigenvalue weighted by molar-refractivity contribution is -0.384. The highest BCUT2D eigenvalue weighted by Gasteiger charge is 2.15. The average molecular weight is 700 g/mol. The van der Waals surface area contributed by atoms with Gasteiger partial charge in [0.15, 0.2) is 0 Å². The molecule has 3 aromatic rings. The minimum atomic E-state index is -0.678. The van der Waals surface area contributed by atoms with E-state index in [1.807, 2.05) is 49.4 Å². The van der Waals surface area contributed by atoms with Crippen LogP contribution in [-0.4, -0.2) is 10.8 Å². The maximum atomic E-state index is 12.6. The Morgan fingerprint density at radius 1 is 1.18 bits per heavy atom. The minimum Gasteiger partial charge on any atom is -0.487 e. The second-order valence-electron chi connectivity index (χ2n) is 7.13. The van der Waals surface area contributed by atoms with Gasteiger partial charge in [0.2, 0.25) is 0 Å². The Morgan fingerprint density at radius 2 is 1.82 bits per heavy atom. The summed E-state index contributed by atoms with van der Waals surface area (Å²) in [6, 6.07) is 17.3. The number of anilines is 1. The molecule has 0 fully saturated rings. The molecule has 7 nitrogen and oxygen atoms in total. The number of ether oxygens (including phenoxy) is 1. The number of amides is 1. The number of halogens is 3. The third-order valence-electron chi connectivity index (χ3n) is 4.61. The lowest BCUT2D eigenvalue weighted by Gasteiger charge is -2.12. The number of hydrogen-bond donors (Lipinski definition) is 1. The number of rotatable bonds is 7. The predicted octanol–water partition coefficient (Wildman–Crippen LogP) is 6.89. The van der Waals surface area contributed by atoms with Crippen LogP contribution in [0.5, 0.6) is 5.75 Å². The van der Waals surface area contributed by atoms with E-state index < -0.39 is 10.8 Å². The molecule has 0 atom stereocenters. The first-order valence-corrected chi connectivity index (χ1v) is 12.3. The summed E-state index contributed by atoms with van der Waals surface area (Å²) < 4.78 is 7.67. The fraction of sp³-hybridized carbons (Fsp3) is 0.0833. The number of nitrogens with zero attached hydrogens (tertiary/aromatic N) is 2. The Hall–Kier alpha value is -2.69. The van der Waals surface area contributed by atoms with Gasteiger partial charge in [-0.15, -0.1) is 0 Å². The molecule has 0 bridgehead atoms. The third kappa shape index (κ3) is 6.68. The van der Waals surface area contributed by atoms with Crippen LogP contribution in [0.25, 0.3) is 6.08 Å². The van der Waals surface area contributed by atoms with Crippen LogP contribution in [0.2, 0.25) is 5.02 Å². The second-order valence-corrected chi connectivity index (χ2v) is 9.86. The fourth-order valence-corrected chi connectivity index (χ4v) is 5.21. The fourth-order valence-electron chi connectivity index (χ4n) is 2.86. The molecule has 0 saturated heterocycles. The molecule has 0 radical (unpaired) electrons. The molecule has 0 unspecified atom stereocenters. The maximum absolute atomic E-state index is 12.6. The summed E-state index contributed by atoms with van der Waals surface area (Å²) in [5.74, 6) is 0.0440. The van der Waals surface area contributed by atoms with Crippen molar-refractivity contribution in [1.82, 2.24) is 0 Å². The lowest BCUT2D eigenvalue weighted by Crippen LogP contribution is -2.13. The number of nitro groups is 1. The van der Waals surface area contributed by atoms with Gasteiger partial charge in [-0.1, -0.05) is 41.4 Å². The molecule has 0 spiro atoms. The highest BCUT2D eigenvalue weighted by atomic mass is 127. The quantitative estimate of drug-likeness (QED) is 0.0951. The molecular formula is C24H16ClI2N3O4. The third-order valence-corrected chi connectivity index (χ3v) is 6.53. The predicted molar refractivity (Wildman–Crippen MR) is 148 cm³/mol. The molecule has 0 saturated carbocycles. The van der Waals surface area contributed by atoms with E-state index in [2.05, 4.69) is 50.5 Å². The second kappa shape index (κ2) is 11.6. The highest BCUT2D eigenvalue weighted by molar-refractivity contribution is 14.1. The number of nitro benzene ring substituents is 1. The first kappa shape index (κ1) is 25.9. The first-order chi connectivity index (χ1) is 16.2. The molecule has 3 rings (SSSR count). The number of hydrogen-bond acceptors (Lipinski definition) is 5. The van der Waals surface area contributed by atoms with Crippen LogP contribution in [0.15, 0.2) is 60.2 Å². The molecule has 3 aromatic carbocycles. The molecule has 0 aliphatic carbocycles. The summed E-state index contributed by atoms with van der Waals surface area (Å²) in [4.78, 5) is 22.9. The molecular weight excluding hydrogens is 684 g/mol. The number of non-ortho nitro benzene ring substituents is 1. The van der Waals surface area contributed by atoms with E-state index in [0.29, 0.717) is 12.2 Å². The Morgan fingerprint density at radius 3 is 2.38 bits per heavy atom. The van der Waals surface area contributed by atoms with Gasteiger partial charge in [-0.3, -0.25) is 14.9 Å². The molecule has 10 heteroatoms. The lowest BCUT2D eigenvalue weighted by atomic mass is 10.1. The van der Waals surface area contributed by atoms with Crippen LogP contribution in [0, 0.1) is 35.5 Å². The summed E-state index contributed by atoms with van der Waals surface area (Å²) in [6.07, 6.45) is 1.46. The number of nitrogens with one attached hydrogen (secondary N) is 1. The molecule has 0 aliphatic heterocycles. The zero-order chi connectivity index (χ0) is 24.8.